The standard InChI is InChI=1S/C15H13NO3S/c1-10-3-4-13(7-11(10)2)20-14-5-6-15(16(18)19)12(8-14)9-17/h3-9H,1-2H3. The third-order valence-electron chi connectivity index (χ3n) is 3.04. The predicted octanol–water partition coefficient (Wildman–Crippen LogP) is 4.18. The molecule has 0 unspecified atom stereocenters. The van der Waals surface area contributed by atoms with Gasteiger partial charge in [0.15, 0.2) is 6.29 Å². The summed E-state index contributed by atoms with van der Waals surface area (Å²) < 4.78 is 0. The van der Waals surface area contributed by atoms with E-state index in [0.29, 0.717) is 6.29 Å². The molecular formula is C15H13NO3S. The SMILES string of the molecule is Cc1ccc(Sc2ccc([N+](=O)[O-])c(C=O)c2)cc1C. The van der Waals surface area contributed by atoms with E-state index in [9.17, 15) is 14.9 Å². The van der Waals surface area contributed by atoms with Crippen molar-refractivity contribution in [3.8, 4) is 0 Å². The van der Waals surface area contributed by atoms with E-state index in [0.717, 1.165) is 9.79 Å². The average molecular weight is 287 g/mol. The molecule has 0 aliphatic heterocycles. The van der Waals surface area contributed by atoms with Crippen LogP contribution in [0.1, 0.15) is 21.5 Å². The van der Waals surface area contributed by atoms with Crippen molar-refractivity contribution in [1.29, 1.82) is 0 Å². The van der Waals surface area contributed by atoms with Gasteiger partial charge in [0, 0.05) is 15.9 Å². The van der Waals surface area contributed by atoms with Crippen LogP contribution in [0.15, 0.2) is 46.2 Å². The Morgan fingerprint density at radius 2 is 1.70 bits per heavy atom. The van der Waals surface area contributed by atoms with Gasteiger partial charge in [0.25, 0.3) is 5.69 Å². The minimum Gasteiger partial charge on any atom is -0.298 e. The lowest BCUT2D eigenvalue weighted by molar-refractivity contribution is -0.385. The van der Waals surface area contributed by atoms with Crippen molar-refractivity contribution < 1.29 is 9.72 Å². The fourth-order valence-electron chi connectivity index (χ4n) is 1.77. The highest BCUT2D eigenvalue weighted by Crippen LogP contribution is 2.31. The van der Waals surface area contributed by atoms with E-state index in [1.807, 2.05) is 26.0 Å². The summed E-state index contributed by atoms with van der Waals surface area (Å²) in [5.41, 5.74) is 2.34. The molecular weight excluding hydrogens is 274 g/mol. The first-order valence-corrected chi connectivity index (χ1v) is 6.81. The Hall–Kier alpha value is -2.14. The van der Waals surface area contributed by atoms with E-state index in [1.165, 1.54) is 29.0 Å². The Kier molecular flexibility index (Phi) is 4.20. The van der Waals surface area contributed by atoms with Gasteiger partial charge in [-0.15, -0.1) is 0 Å². The Bertz CT molecular complexity index is 683. The second kappa shape index (κ2) is 5.88. The van der Waals surface area contributed by atoms with Gasteiger partial charge in [-0.1, -0.05) is 17.8 Å². The third kappa shape index (κ3) is 3.05. The van der Waals surface area contributed by atoms with E-state index in [4.69, 9.17) is 0 Å². The van der Waals surface area contributed by atoms with Crippen LogP contribution in [0, 0.1) is 24.0 Å². The zero-order chi connectivity index (χ0) is 14.7. The van der Waals surface area contributed by atoms with Crippen molar-refractivity contribution in [3.63, 3.8) is 0 Å². The lowest BCUT2D eigenvalue weighted by atomic mass is 10.1. The summed E-state index contributed by atoms with van der Waals surface area (Å²) in [6.07, 6.45) is 0.516. The maximum Gasteiger partial charge on any atom is 0.279 e. The number of hydrogen-bond donors (Lipinski definition) is 0. The Labute approximate surface area is 121 Å². The number of aryl methyl sites for hydroxylation is 2. The number of nitro benzene ring substituents is 1. The molecule has 0 N–H and O–H groups in total. The topological polar surface area (TPSA) is 60.2 Å². The highest BCUT2D eigenvalue weighted by atomic mass is 32.2. The van der Waals surface area contributed by atoms with Crippen molar-refractivity contribution in [2.24, 2.45) is 0 Å². The molecule has 0 spiro atoms. The number of rotatable bonds is 4. The maximum atomic E-state index is 10.9. The molecule has 102 valence electrons. The van der Waals surface area contributed by atoms with Crippen molar-refractivity contribution >= 4 is 23.7 Å². The van der Waals surface area contributed by atoms with Gasteiger partial charge in [0.2, 0.25) is 0 Å². The normalized spacial score (nSPS) is 10.3. The monoisotopic (exact) mass is 287 g/mol. The van der Waals surface area contributed by atoms with Crippen LogP contribution in [0.25, 0.3) is 0 Å². The zero-order valence-corrected chi connectivity index (χ0v) is 11.9. The van der Waals surface area contributed by atoms with Crippen LogP contribution in [0.5, 0.6) is 0 Å². The maximum absolute atomic E-state index is 10.9. The van der Waals surface area contributed by atoms with E-state index >= 15 is 0 Å². The number of carbonyl (C=O) groups is 1. The summed E-state index contributed by atoms with van der Waals surface area (Å²) in [6, 6.07) is 10.7. The van der Waals surface area contributed by atoms with Gasteiger partial charge in [-0.3, -0.25) is 14.9 Å². The van der Waals surface area contributed by atoms with Crippen LogP contribution in [0.3, 0.4) is 0 Å². The van der Waals surface area contributed by atoms with E-state index in [-0.39, 0.29) is 11.3 Å². The number of aldehydes is 1. The number of hydrogen-bond acceptors (Lipinski definition) is 4. The quantitative estimate of drug-likeness (QED) is 0.481. The van der Waals surface area contributed by atoms with Gasteiger partial charge in [-0.2, -0.15) is 0 Å². The molecule has 2 aromatic rings. The minimum absolute atomic E-state index is 0.101. The lowest BCUT2D eigenvalue weighted by Crippen LogP contribution is -1.94. The molecule has 5 heteroatoms. The Balaban J connectivity index is 2.32. The highest BCUT2D eigenvalue weighted by Gasteiger charge is 2.13. The molecule has 4 nitrogen and oxygen atoms in total. The van der Waals surface area contributed by atoms with Gasteiger partial charge in [-0.25, -0.2) is 0 Å². The van der Waals surface area contributed by atoms with E-state index in [2.05, 4.69) is 6.07 Å². The second-order valence-corrected chi connectivity index (χ2v) is 5.59. The molecule has 0 saturated carbocycles. The molecule has 0 bridgehead atoms. The van der Waals surface area contributed by atoms with Crippen LogP contribution >= 0.6 is 11.8 Å². The molecule has 0 aromatic heterocycles. The van der Waals surface area contributed by atoms with Crippen LogP contribution in [-0.2, 0) is 0 Å². The van der Waals surface area contributed by atoms with Crippen LogP contribution in [0.2, 0.25) is 0 Å². The number of benzene rings is 2. The molecule has 0 heterocycles. The molecule has 0 fully saturated rings. The number of nitrogens with zero attached hydrogens (tertiary/aromatic N) is 1. The first-order chi connectivity index (χ1) is 9.51. The second-order valence-electron chi connectivity index (χ2n) is 4.44. The van der Waals surface area contributed by atoms with Crippen LogP contribution < -0.4 is 0 Å². The molecule has 0 amide bonds. The van der Waals surface area contributed by atoms with Gasteiger partial charge in [-0.05, 0) is 49.2 Å². The molecule has 0 atom stereocenters. The van der Waals surface area contributed by atoms with E-state index < -0.39 is 4.92 Å². The summed E-state index contributed by atoms with van der Waals surface area (Å²) in [5.74, 6) is 0. The van der Waals surface area contributed by atoms with Crippen LogP contribution in [0.4, 0.5) is 5.69 Å². The van der Waals surface area contributed by atoms with Gasteiger partial charge in [0.1, 0.15) is 0 Å². The van der Waals surface area contributed by atoms with Crippen molar-refractivity contribution in [3.05, 3.63) is 63.2 Å². The molecule has 2 aromatic carbocycles. The molecule has 0 radical (unpaired) electrons. The fraction of sp³-hybridized carbons (Fsp3) is 0.133. The number of carbonyl (C=O) groups excluding carboxylic acids is 1. The Morgan fingerprint density at radius 1 is 1.05 bits per heavy atom. The molecule has 0 saturated heterocycles. The fourth-order valence-corrected chi connectivity index (χ4v) is 2.74. The van der Waals surface area contributed by atoms with Crippen LogP contribution in [-0.4, -0.2) is 11.2 Å². The van der Waals surface area contributed by atoms with Gasteiger partial charge >= 0.3 is 0 Å². The van der Waals surface area contributed by atoms with Gasteiger partial charge in [0.05, 0.1) is 10.5 Å². The molecule has 0 aliphatic carbocycles. The smallest absolute Gasteiger partial charge is 0.279 e. The highest BCUT2D eigenvalue weighted by molar-refractivity contribution is 7.99. The summed E-state index contributed by atoms with van der Waals surface area (Å²) in [6.45, 7) is 4.08. The summed E-state index contributed by atoms with van der Waals surface area (Å²) in [5, 5.41) is 10.8. The summed E-state index contributed by atoms with van der Waals surface area (Å²) in [7, 11) is 0. The zero-order valence-electron chi connectivity index (χ0n) is 11.1. The van der Waals surface area contributed by atoms with Crippen molar-refractivity contribution in [1.82, 2.24) is 0 Å². The first-order valence-electron chi connectivity index (χ1n) is 6.00. The van der Waals surface area contributed by atoms with E-state index in [1.54, 1.807) is 12.1 Å². The molecule has 20 heavy (non-hydrogen) atoms. The largest absolute Gasteiger partial charge is 0.298 e. The third-order valence-corrected chi connectivity index (χ3v) is 4.02. The molecule has 2 rings (SSSR count). The van der Waals surface area contributed by atoms with Gasteiger partial charge < -0.3 is 0 Å². The minimum atomic E-state index is -0.547. The predicted molar refractivity (Wildman–Crippen MR) is 78.5 cm³/mol. The summed E-state index contributed by atoms with van der Waals surface area (Å²) in [4.78, 5) is 23.0. The van der Waals surface area contributed by atoms with Crippen molar-refractivity contribution in [2.75, 3.05) is 0 Å². The lowest BCUT2D eigenvalue weighted by Gasteiger charge is -2.06. The summed E-state index contributed by atoms with van der Waals surface area (Å²) >= 11 is 1.48. The Morgan fingerprint density at radius 3 is 2.30 bits per heavy atom. The van der Waals surface area contributed by atoms with Crippen molar-refractivity contribution in [2.45, 2.75) is 23.6 Å². The molecule has 0 aliphatic rings. The number of nitro groups is 1. The average Bonchev–Trinajstić information content (AvgIpc) is 2.42. The first kappa shape index (κ1) is 14.3.